The van der Waals surface area contributed by atoms with Crippen LogP contribution in [0.1, 0.15) is 48.5 Å². The number of unbranched alkanes of at least 4 members (excludes halogenated alkanes) is 3. The Morgan fingerprint density at radius 2 is 1.78 bits per heavy atom. The van der Waals surface area contributed by atoms with Crippen molar-refractivity contribution in [1.82, 2.24) is 0 Å². The topological polar surface area (TPSA) is 38.3 Å². The normalized spacial score (nSPS) is 11.3. The van der Waals surface area contributed by atoms with Crippen LogP contribution in [-0.2, 0) is 6.18 Å². The predicted octanol–water partition coefficient (Wildman–Crippen LogP) is 6.57. The van der Waals surface area contributed by atoms with Gasteiger partial charge in [0.15, 0.2) is 0 Å². The Bertz CT molecular complexity index is 761. The maximum Gasteiger partial charge on any atom is 0.416 e. The number of hydrogen-bond acceptors (Lipinski definition) is 2. The van der Waals surface area contributed by atoms with Gasteiger partial charge < -0.3 is 10.1 Å². The third kappa shape index (κ3) is 6.47. The van der Waals surface area contributed by atoms with Gasteiger partial charge in [0.05, 0.1) is 22.9 Å². The fourth-order valence-corrected chi connectivity index (χ4v) is 2.58. The van der Waals surface area contributed by atoms with E-state index in [2.05, 4.69) is 12.2 Å². The Labute approximate surface area is 161 Å². The first kappa shape index (κ1) is 21.1. The number of alkyl halides is 3. The van der Waals surface area contributed by atoms with Gasteiger partial charge in [-0.3, -0.25) is 4.79 Å². The zero-order valence-corrected chi connectivity index (χ0v) is 15.7. The van der Waals surface area contributed by atoms with Gasteiger partial charge in [0.2, 0.25) is 0 Å². The van der Waals surface area contributed by atoms with Crippen LogP contribution in [0.4, 0.5) is 18.9 Å². The van der Waals surface area contributed by atoms with Crippen LogP contribution in [0, 0.1) is 0 Å². The van der Waals surface area contributed by atoms with Crippen LogP contribution in [0.3, 0.4) is 0 Å². The molecule has 146 valence electrons. The number of benzene rings is 2. The molecule has 27 heavy (non-hydrogen) atoms. The van der Waals surface area contributed by atoms with Crippen molar-refractivity contribution in [3.8, 4) is 5.75 Å². The number of ether oxygens (including phenoxy) is 1. The highest BCUT2D eigenvalue weighted by Crippen LogP contribution is 2.34. The molecule has 0 aromatic heterocycles. The maximum absolute atomic E-state index is 12.8. The Kier molecular flexibility index (Phi) is 7.54. The van der Waals surface area contributed by atoms with Crippen LogP contribution < -0.4 is 10.1 Å². The Morgan fingerprint density at radius 3 is 2.41 bits per heavy atom. The quantitative estimate of drug-likeness (QED) is 0.510. The van der Waals surface area contributed by atoms with Gasteiger partial charge >= 0.3 is 6.18 Å². The van der Waals surface area contributed by atoms with E-state index in [9.17, 15) is 18.0 Å². The van der Waals surface area contributed by atoms with Gasteiger partial charge in [-0.1, -0.05) is 37.8 Å². The standard InChI is InChI=1S/C20H21ClF3NO2/c1-2-3-4-5-12-27-16-9-6-14(7-10-16)19(26)25-18-13-15(20(22,23)24)8-11-17(18)21/h6-11,13H,2-5,12H2,1H3,(H,25,26). The van der Waals surface area contributed by atoms with Crippen LogP contribution >= 0.6 is 11.6 Å². The zero-order valence-electron chi connectivity index (χ0n) is 14.9. The number of amides is 1. The van der Waals surface area contributed by atoms with Crippen molar-refractivity contribution in [2.45, 2.75) is 38.8 Å². The molecule has 2 aromatic carbocycles. The summed E-state index contributed by atoms with van der Waals surface area (Å²) in [6.07, 6.45) is -0.126. The monoisotopic (exact) mass is 399 g/mol. The average molecular weight is 400 g/mol. The van der Waals surface area contributed by atoms with Gasteiger partial charge in [-0.2, -0.15) is 13.2 Å². The summed E-state index contributed by atoms with van der Waals surface area (Å²) in [6, 6.07) is 9.20. The summed E-state index contributed by atoms with van der Waals surface area (Å²) in [5, 5.41) is 2.44. The lowest BCUT2D eigenvalue weighted by atomic mass is 10.1. The summed E-state index contributed by atoms with van der Waals surface area (Å²) < 4.78 is 44.0. The van der Waals surface area contributed by atoms with E-state index in [-0.39, 0.29) is 10.7 Å². The van der Waals surface area contributed by atoms with Crippen LogP contribution in [0.2, 0.25) is 5.02 Å². The molecule has 0 spiro atoms. The predicted molar refractivity (Wildman–Crippen MR) is 100 cm³/mol. The van der Waals surface area contributed by atoms with Crippen molar-refractivity contribution < 1.29 is 22.7 Å². The first-order valence-electron chi connectivity index (χ1n) is 8.72. The minimum Gasteiger partial charge on any atom is -0.494 e. The molecular weight excluding hydrogens is 379 g/mol. The molecule has 1 N–H and O–H groups in total. The molecule has 7 heteroatoms. The van der Waals surface area contributed by atoms with Crippen molar-refractivity contribution in [2.24, 2.45) is 0 Å². The van der Waals surface area contributed by atoms with Gasteiger partial charge in [0, 0.05) is 5.56 Å². The van der Waals surface area contributed by atoms with Crippen molar-refractivity contribution in [3.63, 3.8) is 0 Å². The molecule has 0 fully saturated rings. The Morgan fingerprint density at radius 1 is 1.07 bits per heavy atom. The molecule has 2 aromatic rings. The van der Waals surface area contributed by atoms with E-state index in [0.29, 0.717) is 17.9 Å². The molecule has 0 aliphatic carbocycles. The van der Waals surface area contributed by atoms with E-state index in [0.717, 1.165) is 37.5 Å². The van der Waals surface area contributed by atoms with E-state index < -0.39 is 17.6 Å². The first-order chi connectivity index (χ1) is 12.8. The lowest BCUT2D eigenvalue weighted by Crippen LogP contribution is -2.13. The van der Waals surface area contributed by atoms with E-state index in [1.54, 1.807) is 24.3 Å². The Hall–Kier alpha value is -2.21. The fourth-order valence-electron chi connectivity index (χ4n) is 2.41. The van der Waals surface area contributed by atoms with Gasteiger partial charge in [-0.15, -0.1) is 0 Å². The van der Waals surface area contributed by atoms with E-state index in [1.807, 2.05) is 0 Å². The number of anilines is 1. The van der Waals surface area contributed by atoms with Gasteiger partial charge in [-0.05, 0) is 48.9 Å². The minimum atomic E-state index is -4.51. The van der Waals surface area contributed by atoms with Crippen molar-refractivity contribution in [3.05, 3.63) is 58.6 Å². The molecule has 0 aliphatic heterocycles. The third-order valence-corrected chi connectivity index (χ3v) is 4.25. The molecule has 0 unspecified atom stereocenters. The summed E-state index contributed by atoms with van der Waals surface area (Å²) >= 11 is 5.89. The molecule has 3 nitrogen and oxygen atoms in total. The molecule has 2 rings (SSSR count). The van der Waals surface area contributed by atoms with Crippen molar-refractivity contribution in [1.29, 1.82) is 0 Å². The summed E-state index contributed by atoms with van der Waals surface area (Å²) in [4.78, 5) is 12.3. The third-order valence-electron chi connectivity index (χ3n) is 3.93. The zero-order chi connectivity index (χ0) is 19.9. The number of hydrogen-bond donors (Lipinski definition) is 1. The summed E-state index contributed by atoms with van der Waals surface area (Å²) in [5.41, 5.74) is -0.677. The molecule has 0 bridgehead atoms. The van der Waals surface area contributed by atoms with Crippen molar-refractivity contribution >= 4 is 23.2 Å². The summed E-state index contributed by atoms with van der Waals surface area (Å²) in [6.45, 7) is 2.74. The van der Waals surface area contributed by atoms with E-state index >= 15 is 0 Å². The van der Waals surface area contributed by atoms with Crippen LogP contribution in [0.25, 0.3) is 0 Å². The summed E-state index contributed by atoms with van der Waals surface area (Å²) in [7, 11) is 0. The van der Waals surface area contributed by atoms with Crippen molar-refractivity contribution in [2.75, 3.05) is 11.9 Å². The van der Waals surface area contributed by atoms with Gasteiger partial charge in [0.1, 0.15) is 5.75 Å². The average Bonchev–Trinajstić information content (AvgIpc) is 2.63. The SMILES string of the molecule is CCCCCCOc1ccc(C(=O)Nc2cc(C(F)(F)F)ccc2Cl)cc1. The highest BCUT2D eigenvalue weighted by atomic mass is 35.5. The molecule has 1 amide bonds. The number of carbonyl (C=O) groups excluding carboxylic acids is 1. The number of rotatable bonds is 8. The highest BCUT2D eigenvalue weighted by molar-refractivity contribution is 6.34. The van der Waals surface area contributed by atoms with Crippen LogP contribution in [0.5, 0.6) is 5.75 Å². The fraction of sp³-hybridized carbons (Fsp3) is 0.350. The van der Waals surface area contributed by atoms with E-state index in [4.69, 9.17) is 16.3 Å². The second-order valence-corrected chi connectivity index (χ2v) is 6.49. The molecule has 0 radical (unpaired) electrons. The molecule has 0 heterocycles. The van der Waals surface area contributed by atoms with E-state index in [1.165, 1.54) is 6.42 Å². The molecule has 0 aliphatic rings. The molecule has 0 saturated carbocycles. The molecular formula is C20H21ClF3NO2. The lowest BCUT2D eigenvalue weighted by molar-refractivity contribution is -0.137. The van der Waals surface area contributed by atoms with Crippen LogP contribution in [0.15, 0.2) is 42.5 Å². The number of halogens is 4. The lowest BCUT2D eigenvalue weighted by Gasteiger charge is -2.12. The van der Waals surface area contributed by atoms with Gasteiger partial charge in [0.25, 0.3) is 5.91 Å². The number of carbonyl (C=O) groups is 1. The first-order valence-corrected chi connectivity index (χ1v) is 9.10. The van der Waals surface area contributed by atoms with Gasteiger partial charge in [-0.25, -0.2) is 0 Å². The maximum atomic E-state index is 12.8. The minimum absolute atomic E-state index is 0.0309. The number of nitrogens with one attached hydrogen (secondary N) is 1. The molecule has 0 saturated heterocycles. The largest absolute Gasteiger partial charge is 0.494 e. The molecule has 0 atom stereocenters. The van der Waals surface area contributed by atoms with Crippen LogP contribution in [-0.4, -0.2) is 12.5 Å². The second-order valence-electron chi connectivity index (χ2n) is 6.08. The summed E-state index contributed by atoms with van der Waals surface area (Å²) in [5.74, 6) is 0.0888. The Balaban J connectivity index is 1.98. The highest BCUT2D eigenvalue weighted by Gasteiger charge is 2.31. The smallest absolute Gasteiger partial charge is 0.416 e. The second kappa shape index (κ2) is 9.65.